The fourth-order valence-electron chi connectivity index (χ4n) is 0.858. The van der Waals surface area contributed by atoms with Crippen LogP contribution >= 0.6 is 0 Å². The van der Waals surface area contributed by atoms with Crippen LogP contribution in [0.2, 0.25) is 0 Å². The number of isocyanates is 1. The molecule has 0 fully saturated rings. The third-order valence-corrected chi connectivity index (χ3v) is 1.44. The number of phenols is 1. The predicted octanol–water partition coefficient (Wildman–Crippen LogP) is 1.51. The van der Waals surface area contributed by atoms with Crippen molar-refractivity contribution in [1.29, 1.82) is 0 Å². The van der Waals surface area contributed by atoms with Crippen molar-refractivity contribution in [3.63, 3.8) is 0 Å². The Labute approximate surface area is 72.3 Å². The smallest absolute Gasteiger partial charge is 0.235 e. The molecule has 0 heterocycles. The monoisotopic (exact) mass is 185 g/mol. The molecule has 1 N–H and O–H groups in total. The number of aliphatic imine (C=N–C) groups is 1. The first-order chi connectivity index (χ1) is 6.15. The highest BCUT2D eigenvalue weighted by Gasteiger charge is 2.09. The highest BCUT2D eigenvalue weighted by Crippen LogP contribution is 2.22. The van der Waals surface area contributed by atoms with Crippen molar-refractivity contribution in [2.24, 2.45) is 4.99 Å². The minimum atomic E-state index is -0.934. The van der Waals surface area contributed by atoms with Gasteiger partial charge in [0.05, 0.1) is 12.1 Å². The van der Waals surface area contributed by atoms with Crippen LogP contribution in [-0.4, -0.2) is 11.2 Å². The zero-order chi connectivity index (χ0) is 9.84. The summed E-state index contributed by atoms with van der Waals surface area (Å²) in [6, 6.07) is 1.36. The molecule has 68 valence electrons. The Morgan fingerprint density at radius 3 is 2.69 bits per heavy atom. The van der Waals surface area contributed by atoms with Gasteiger partial charge in [0.25, 0.3) is 0 Å². The number of carbonyl (C=O) groups excluding carboxylic acids is 1. The van der Waals surface area contributed by atoms with Gasteiger partial charge in [-0.1, -0.05) is 0 Å². The summed E-state index contributed by atoms with van der Waals surface area (Å²) in [6.45, 7) is -0.346. The first-order valence-corrected chi connectivity index (χ1v) is 3.35. The lowest BCUT2D eigenvalue weighted by Crippen LogP contribution is -1.91. The Kier molecular flexibility index (Phi) is 2.72. The summed E-state index contributed by atoms with van der Waals surface area (Å²) >= 11 is 0. The molecule has 1 aromatic carbocycles. The molecule has 0 unspecified atom stereocenters. The molecule has 0 aliphatic rings. The van der Waals surface area contributed by atoms with Gasteiger partial charge in [-0.05, 0) is 0 Å². The van der Waals surface area contributed by atoms with Gasteiger partial charge in [0.1, 0.15) is 17.4 Å². The summed E-state index contributed by atoms with van der Waals surface area (Å²) < 4.78 is 25.3. The molecular formula is C8H5F2NO2. The third kappa shape index (κ3) is 2.10. The summed E-state index contributed by atoms with van der Waals surface area (Å²) in [6.07, 6.45) is 1.19. The molecule has 13 heavy (non-hydrogen) atoms. The van der Waals surface area contributed by atoms with Gasteiger partial charge in [-0.25, -0.2) is 18.6 Å². The first-order valence-electron chi connectivity index (χ1n) is 3.35. The quantitative estimate of drug-likeness (QED) is 0.560. The second kappa shape index (κ2) is 3.78. The number of aromatic hydroxyl groups is 1. The molecule has 0 atom stereocenters. The lowest BCUT2D eigenvalue weighted by molar-refractivity contribution is 0.450. The van der Waals surface area contributed by atoms with Crippen molar-refractivity contribution in [1.82, 2.24) is 0 Å². The maximum Gasteiger partial charge on any atom is 0.235 e. The molecule has 0 amide bonds. The molecule has 0 aromatic heterocycles. The van der Waals surface area contributed by atoms with Gasteiger partial charge in [0.15, 0.2) is 0 Å². The van der Waals surface area contributed by atoms with Gasteiger partial charge in [0.2, 0.25) is 6.08 Å². The zero-order valence-electron chi connectivity index (χ0n) is 6.42. The second-order valence-electron chi connectivity index (χ2n) is 2.29. The first kappa shape index (κ1) is 9.35. The highest BCUT2D eigenvalue weighted by atomic mass is 19.1. The molecule has 0 bridgehead atoms. The van der Waals surface area contributed by atoms with Crippen LogP contribution < -0.4 is 0 Å². The van der Waals surface area contributed by atoms with Crippen molar-refractivity contribution in [3.8, 4) is 5.75 Å². The number of nitrogens with zero attached hydrogens (tertiary/aromatic N) is 1. The van der Waals surface area contributed by atoms with E-state index in [-0.39, 0.29) is 12.1 Å². The Morgan fingerprint density at radius 1 is 1.46 bits per heavy atom. The van der Waals surface area contributed by atoms with Crippen molar-refractivity contribution < 1.29 is 18.7 Å². The van der Waals surface area contributed by atoms with Gasteiger partial charge < -0.3 is 5.11 Å². The van der Waals surface area contributed by atoms with Crippen molar-refractivity contribution in [3.05, 3.63) is 29.3 Å². The molecule has 3 nitrogen and oxygen atoms in total. The Balaban J connectivity index is 3.12. The van der Waals surface area contributed by atoms with Crippen molar-refractivity contribution >= 4 is 6.08 Å². The standard InChI is InChI=1S/C8H5F2NO2/c9-5-1-7(10)6(3-11-4-12)8(13)2-5/h1-2,13H,3H2. The molecule has 0 saturated carbocycles. The summed E-state index contributed by atoms with van der Waals surface area (Å²) in [7, 11) is 0. The topological polar surface area (TPSA) is 49.7 Å². The number of phenolic OH excluding ortho intramolecular Hbond substituents is 1. The van der Waals surface area contributed by atoms with E-state index >= 15 is 0 Å². The SMILES string of the molecule is O=C=NCc1c(O)cc(F)cc1F. The molecule has 0 spiro atoms. The van der Waals surface area contributed by atoms with E-state index < -0.39 is 17.4 Å². The van der Waals surface area contributed by atoms with Crippen LogP contribution in [-0.2, 0) is 11.3 Å². The lowest BCUT2D eigenvalue weighted by atomic mass is 10.2. The molecule has 0 radical (unpaired) electrons. The van der Waals surface area contributed by atoms with E-state index in [0.29, 0.717) is 6.07 Å². The number of hydrogen-bond acceptors (Lipinski definition) is 3. The number of benzene rings is 1. The number of rotatable bonds is 2. The number of halogens is 2. The highest BCUT2D eigenvalue weighted by molar-refractivity contribution is 5.37. The van der Waals surface area contributed by atoms with Gasteiger partial charge >= 0.3 is 0 Å². The second-order valence-corrected chi connectivity index (χ2v) is 2.29. The van der Waals surface area contributed by atoms with Gasteiger partial charge in [-0.15, -0.1) is 0 Å². The minimum Gasteiger partial charge on any atom is -0.507 e. The maximum absolute atomic E-state index is 12.8. The Morgan fingerprint density at radius 2 is 2.15 bits per heavy atom. The average Bonchev–Trinajstić information content (AvgIpc) is 2.02. The van der Waals surface area contributed by atoms with E-state index in [2.05, 4.69) is 4.99 Å². The van der Waals surface area contributed by atoms with Crippen LogP contribution in [0, 0.1) is 11.6 Å². The number of hydrogen-bond donors (Lipinski definition) is 1. The van der Waals surface area contributed by atoms with Crippen LogP contribution in [0.25, 0.3) is 0 Å². The Bertz CT molecular complexity index is 349. The largest absolute Gasteiger partial charge is 0.507 e. The molecule has 0 aliphatic heterocycles. The zero-order valence-corrected chi connectivity index (χ0v) is 6.42. The molecule has 0 aliphatic carbocycles. The van der Waals surface area contributed by atoms with Crippen LogP contribution in [0.1, 0.15) is 5.56 Å². The van der Waals surface area contributed by atoms with E-state index in [0.717, 1.165) is 6.07 Å². The molecule has 1 rings (SSSR count). The van der Waals surface area contributed by atoms with Gasteiger partial charge in [0, 0.05) is 12.1 Å². The minimum absolute atomic E-state index is 0.218. The van der Waals surface area contributed by atoms with E-state index in [9.17, 15) is 13.6 Å². The van der Waals surface area contributed by atoms with Crippen molar-refractivity contribution in [2.75, 3.05) is 0 Å². The summed E-state index contributed by atoms with van der Waals surface area (Å²) in [5, 5.41) is 9.03. The van der Waals surface area contributed by atoms with Crippen LogP contribution in [0.15, 0.2) is 17.1 Å². The molecule has 0 saturated heterocycles. The van der Waals surface area contributed by atoms with Gasteiger partial charge in [-0.2, -0.15) is 0 Å². The van der Waals surface area contributed by atoms with E-state index in [1.807, 2.05) is 0 Å². The van der Waals surface area contributed by atoms with Gasteiger partial charge in [-0.3, -0.25) is 0 Å². The van der Waals surface area contributed by atoms with Crippen molar-refractivity contribution in [2.45, 2.75) is 6.54 Å². The van der Waals surface area contributed by atoms with Crippen LogP contribution in [0.4, 0.5) is 8.78 Å². The lowest BCUT2D eigenvalue weighted by Gasteiger charge is -2.01. The fraction of sp³-hybridized carbons (Fsp3) is 0.125. The van der Waals surface area contributed by atoms with Crippen LogP contribution in [0.5, 0.6) is 5.75 Å². The summed E-state index contributed by atoms with van der Waals surface area (Å²) in [5.74, 6) is -2.37. The van der Waals surface area contributed by atoms with E-state index in [1.165, 1.54) is 6.08 Å². The third-order valence-electron chi connectivity index (χ3n) is 1.44. The molecule has 5 heteroatoms. The fourth-order valence-corrected chi connectivity index (χ4v) is 0.858. The maximum atomic E-state index is 12.8. The van der Waals surface area contributed by atoms with Crippen LogP contribution in [0.3, 0.4) is 0 Å². The van der Waals surface area contributed by atoms with E-state index in [1.54, 1.807) is 0 Å². The molecule has 1 aromatic rings. The van der Waals surface area contributed by atoms with E-state index in [4.69, 9.17) is 5.11 Å². The predicted molar refractivity (Wildman–Crippen MR) is 39.8 cm³/mol. The Hall–Kier alpha value is -1.74. The normalized spacial score (nSPS) is 9.38. The molecular weight excluding hydrogens is 180 g/mol. The average molecular weight is 185 g/mol. The summed E-state index contributed by atoms with van der Waals surface area (Å²) in [5.41, 5.74) is -0.218. The summed E-state index contributed by atoms with van der Waals surface area (Å²) in [4.78, 5) is 12.8.